The summed E-state index contributed by atoms with van der Waals surface area (Å²) in [7, 11) is 0. The van der Waals surface area contributed by atoms with Crippen LogP contribution in [0.2, 0.25) is 0 Å². The van der Waals surface area contributed by atoms with Crippen molar-refractivity contribution in [1.29, 1.82) is 0 Å². The van der Waals surface area contributed by atoms with Crippen LogP contribution in [0.3, 0.4) is 0 Å². The number of hydrogen-bond donors (Lipinski definition) is 0. The van der Waals surface area contributed by atoms with Gasteiger partial charge in [-0.25, -0.2) is 15.0 Å². The van der Waals surface area contributed by atoms with Crippen molar-refractivity contribution in [3.63, 3.8) is 0 Å². The summed E-state index contributed by atoms with van der Waals surface area (Å²) >= 11 is 0. The van der Waals surface area contributed by atoms with E-state index in [9.17, 15) is 0 Å². The minimum Gasteiger partial charge on any atom is -0.456 e. The molecule has 9 rings (SSSR count). The molecule has 0 saturated heterocycles. The van der Waals surface area contributed by atoms with Crippen LogP contribution in [0.15, 0.2) is 138 Å². The van der Waals surface area contributed by atoms with Crippen molar-refractivity contribution in [2.45, 2.75) is 12.8 Å². The second-order valence-corrected chi connectivity index (χ2v) is 11.4. The lowest BCUT2D eigenvalue weighted by molar-refractivity contribution is 0.669. The Balaban J connectivity index is 1.20. The fourth-order valence-electron chi connectivity index (χ4n) is 6.28. The van der Waals surface area contributed by atoms with Crippen LogP contribution in [0.1, 0.15) is 18.7 Å². The molecule has 5 nitrogen and oxygen atoms in total. The number of benzene rings is 5. The van der Waals surface area contributed by atoms with Crippen molar-refractivity contribution in [3.05, 3.63) is 139 Å². The molecule has 0 saturated carbocycles. The Morgan fingerprint density at radius 1 is 0.533 bits per heavy atom. The number of nitrogens with zero attached hydrogens (tertiary/aromatic N) is 4. The smallest absolute Gasteiger partial charge is 0.183 e. The fourth-order valence-corrected chi connectivity index (χ4v) is 6.28. The summed E-state index contributed by atoms with van der Waals surface area (Å²) in [6.07, 6.45) is 10.2. The summed E-state index contributed by atoms with van der Waals surface area (Å²) in [5.74, 6) is 1.77. The van der Waals surface area contributed by atoms with Crippen LogP contribution in [0, 0.1) is 0 Å². The maximum Gasteiger partial charge on any atom is 0.183 e. The average Bonchev–Trinajstić information content (AvgIpc) is 3.48. The van der Waals surface area contributed by atoms with Crippen molar-refractivity contribution < 1.29 is 4.42 Å². The molecule has 0 N–H and O–H groups in total. The zero-order valence-corrected chi connectivity index (χ0v) is 24.3. The second kappa shape index (κ2) is 10.4. The quantitative estimate of drug-likeness (QED) is 0.208. The van der Waals surface area contributed by atoms with Gasteiger partial charge in [0, 0.05) is 22.7 Å². The molecule has 0 atom stereocenters. The number of aromatic nitrogens is 4. The fraction of sp³-hybridized carbons (Fsp3) is 0.0500. The third kappa shape index (κ3) is 4.48. The Morgan fingerprint density at radius 2 is 1.22 bits per heavy atom. The first-order valence-electron chi connectivity index (χ1n) is 15.2. The summed E-state index contributed by atoms with van der Waals surface area (Å²) in [4.78, 5) is 19.8. The number of furan rings is 1. The molecular formula is C40H26N4O. The van der Waals surface area contributed by atoms with Crippen LogP contribution in [-0.2, 0) is 0 Å². The normalized spacial score (nSPS) is 13.2. The molecule has 45 heavy (non-hydrogen) atoms. The van der Waals surface area contributed by atoms with Crippen molar-refractivity contribution in [3.8, 4) is 34.0 Å². The van der Waals surface area contributed by atoms with Crippen LogP contribution < -0.4 is 0 Å². The molecule has 5 aromatic carbocycles. The molecule has 3 heterocycles. The van der Waals surface area contributed by atoms with Crippen LogP contribution in [0.25, 0.3) is 83.1 Å². The average molecular weight is 579 g/mol. The van der Waals surface area contributed by atoms with E-state index >= 15 is 0 Å². The van der Waals surface area contributed by atoms with Crippen LogP contribution >= 0.6 is 0 Å². The topological polar surface area (TPSA) is 64.7 Å². The molecule has 0 amide bonds. The van der Waals surface area contributed by atoms with Gasteiger partial charge in [0.15, 0.2) is 17.5 Å². The van der Waals surface area contributed by atoms with Crippen LogP contribution in [0.4, 0.5) is 0 Å². The van der Waals surface area contributed by atoms with E-state index in [1.54, 1.807) is 6.20 Å². The lowest BCUT2D eigenvalue weighted by atomic mass is 10.00. The monoisotopic (exact) mass is 578 g/mol. The Bertz CT molecular complexity index is 2490. The SMILES string of the molecule is C1=CC(c2nc(-c3ccc(-c4ccc5ccccc5c4)cc3)nc(-c3nccc4oc5cc6ccccc6cc5c34)n2)=CCC1. The van der Waals surface area contributed by atoms with Gasteiger partial charge in [0.05, 0.1) is 5.39 Å². The molecule has 1 aliphatic rings. The van der Waals surface area contributed by atoms with Crippen molar-refractivity contribution in [2.75, 3.05) is 0 Å². The first-order valence-corrected chi connectivity index (χ1v) is 15.2. The highest BCUT2D eigenvalue weighted by atomic mass is 16.3. The maximum atomic E-state index is 6.33. The maximum absolute atomic E-state index is 6.33. The lowest BCUT2D eigenvalue weighted by Crippen LogP contribution is -2.04. The van der Waals surface area contributed by atoms with Gasteiger partial charge >= 0.3 is 0 Å². The predicted octanol–water partition coefficient (Wildman–Crippen LogP) is 10.2. The van der Waals surface area contributed by atoms with E-state index in [2.05, 4.69) is 115 Å². The molecule has 0 aliphatic heterocycles. The second-order valence-electron chi connectivity index (χ2n) is 11.4. The Labute approximate surface area is 259 Å². The van der Waals surface area contributed by atoms with Crippen molar-refractivity contribution >= 4 is 49.1 Å². The Kier molecular flexibility index (Phi) is 5.88. The van der Waals surface area contributed by atoms with Gasteiger partial charge in [0.2, 0.25) is 0 Å². The van der Waals surface area contributed by atoms with Gasteiger partial charge in [-0.05, 0) is 69.8 Å². The van der Waals surface area contributed by atoms with Gasteiger partial charge < -0.3 is 4.42 Å². The van der Waals surface area contributed by atoms with Crippen molar-refractivity contribution in [1.82, 2.24) is 19.9 Å². The summed E-state index contributed by atoms with van der Waals surface area (Å²) in [6, 6.07) is 37.9. The molecule has 3 aromatic heterocycles. The highest BCUT2D eigenvalue weighted by Crippen LogP contribution is 2.37. The third-order valence-corrected chi connectivity index (χ3v) is 8.58. The third-order valence-electron chi connectivity index (χ3n) is 8.58. The Hall–Kier alpha value is -5.94. The number of rotatable bonds is 4. The van der Waals surface area contributed by atoms with Gasteiger partial charge in [0.1, 0.15) is 16.9 Å². The van der Waals surface area contributed by atoms with Gasteiger partial charge in [0.25, 0.3) is 0 Å². The molecule has 0 radical (unpaired) electrons. The summed E-state index contributed by atoms with van der Waals surface area (Å²) in [6.45, 7) is 0. The zero-order valence-electron chi connectivity index (χ0n) is 24.3. The molecular weight excluding hydrogens is 552 g/mol. The molecule has 5 heteroatoms. The van der Waals surface area contributed by atoms with Crippen LogP contribution in [0.5, 0.6) is 0 Å². The van der Waals surface area contributed by atoms with E-state index in [-0.39, 0.29) is 0 Å². The molecule has 0 fully saturated rings. The van der Waals surface area contributed by atoms with E-state index in [1.807, 2.05) is 12.1 Å². The minimum atomic E-state index is 0.523. The molecule has 212 valence electrons. The standard InChI is InChI=1S/C40H26N4O/c1-2-9-27(10-3-1)38-42-39(28-17-14-26(15-18-28)32-19-16-25-8-4-5-11-29(25)22-32)44-40(43-38)37-36-33-23-30-12-6-7-13-31(30)24-35(33)45-34(36)20-21-41-37/h2,4-24H,1,3H2. The van der Waals surface area contributed by atoms with Gasteiger partial charge in [-0.15, -0.1) is 0 Å². The lowest BCUT2D eigenvalue weighted by Gasteiger charge is -2.11. The highest BCUT2D eigenvalue weighted by Gasteiger charge is 2.20. The van der Waals surface area contributed by atoms with Gasteiger partial charge in [-0.2, -0.15) is 0 Å². The molecule has 1 aliphatic carbocycles. The van der Waals surface area contributed by atoms with E-state index < -0.39 is 0 Å². The van der Waals surface area contributed by atoms with E-state index in [1.165, 1.54) is 16.3 Å². The number of fused-ring (bicyclic) bond motifs is 5. The zero-order chi connectivity index (χ0) is 29.7. The summed E-state index contributed by atoms with van der Waals surface area (Å²) in [5, 5.41) is 6.63. The van der Waals surface area contributed by atoms with Crippen LogP contribution in [-0.4, -0.2) is 19.9 Å². The Morgan fingerprint density at radius 3 is 2.02 bits per heavy atom. The van der Waals surface area contributed by atoms with E-state index in [4.69, 9.17) is 24.4 Å². The first kappa shape index (κ1) is 25.5. The molecule has 0 spiro atoms. The summed E-state index contributed by atoms with van der Waals surface area (Å²) < 4.78 is 6.33. The van der Waals surface area contributed by atoms with E-state index in [0.29, 0.717) is 23.2 Å². The minimum absolute atomic E-state index is 0.523. The molecule has 8 aromatic rings. The van der Waals surface area contributed by atoms with Gasteiger partial charge in [-0.3, -0.25) is 4.98 Å². The number of hydrogen-bond acceptors (Lipinski definition) is 5. The number of allylic oxidation sites excluding steroid dienone is 4. The first-order chi connectivity index (χ1) is 22.3. The van der Waals surface area contributed by atoms with E-state index in [0.717, 1.165) is 62.3 Å². The number of pyridine rings is 1. The predicted molar refractivity (Wildman–Crippen MR) is 183 cm³/mol. The summed E-state index contributed by atoms with van der Waals surface area (Å²) in [5.41, 5.74) is 6.47. The van der Waals surface area contributed by atoms with Gasteiger partial charge in [-0.1, -0.05) is 103 Å². The largest absolute Gasteiger partial charge is 0.456 e. The highest BCUT2D eigenvalue weighted by molar-refractivity contribution is 6.14. The molecule has 0 bridgehead atoms. The van der Waals surface area contributed by atoms with Crippen molar-refractivity contribution in [2.24, 2.45) is 0 Å². The molecule has 0 unspecified atom stereocenters.